The number of aromatic nitrogens is 1. The van der Waals surface area contributed by atoms with Crippen LogP contribution in [0.4, 0.5) is 22.9 Å². The van der Waals surface area contributed by atoms with E-state index in [0.29, 0.717) is 0 Å². The lowest BCUT2D eigenvalue weighted by molar-refractivity contribution is -0.394. The van der Waals surface area contributed by atoms with E-state index >= 15 is 0 Å². The lowest BCUT2D eigenvalue weighted by atomic mass is 10.2. The van der Waals surface area contributed by atoms with Crippen LogP contribution in [0, 0.1) is 20.2 Å². The van der Waals surface area contributed by atoms with Gasteiger partial charge in [-0.05, 0) is 17.7 Å². The van der Waals surface area contributed by atoms with Gasteiger partial charge < -0.3 is 15.2 Å². The van der Waals surface area contributed by atoms with Crippen LogP contribution in [0.25, 0.3) is 0 Å². The molecule has 2 rings (SSSR count). The lowest BCUT2D eigenvalue weighted by Crippen LogP contribution is -2.22. The van der Waals surface area contributed by atoms with Gasteiger partial charge in [-0.15, -0.1) is 0 Å². The number of hydrogen-bond acceptors (Lipinski definition) is 8. The van der Waals surface area contributed by atoms with Crippen molar-refractivity contribution in [2.24, 2.45) is 0 Å². The van der Waals surface area contributed by atoms with Crippen molar-refractivity contribution in [1.82, 2.24) is 4.98 Å². The van der Waals surface area contributed by atoms with Gasteiger partial charge >= 0.3 is 5.69 Å². The maximum Gasteiger partial charge on any atom is 0.318 e. The van der Waals surface area contributed by atoms with E-state index in [1.807, 2.05) is 0 Å². The highest BCUT2D eigenvalue weighted by molar-refractivity contribution is 5.87. The van der Waals surface area contributed by atoms with Crippen LogP contribution in [-0.2, 0) is 0 Å². The summed E-state index contributed by atoms with van der Waals surface area (Å²) in [6.07, 6.45) is 0.859. The van der Waals surface area contributed by atoms with Crippen LogP contribution in [0.3, 0.4) is 0 Å². The molecule has 1 N–H and O–H groups in total. The Hall–Kier alpha value is -3.56. The molecule has 0 saturated heterocycles. The van der Waals surface area contributed by atoms with E-state index in [1.165, 1.54) is 24.3 Å². The van der Waals surface area contributed by atoms with Gasteiger partial charge in [-0.3, -0.25) is 20.2 Å². The molecule has 0 amide bonds. The molecule has 10 heteroatoms. The van der Waals surface area contributed by atoms with Crippen LogP contribution < -0.4 is 10.4 Å². The lowest BCUT2D eigenvalue weighted by Gasteiger charge is -2.08. The SMILES string of the molecule is O=C([O-])c1cccc(Nc2ncc([N+](=O)[O-])cc2[N+](=O)[O-])c1. The number of anilines is 2. The summed E-state index contributed by atoms with van der Waals surface area (Å²) >= 11 is 0. The Morgan fingerprint density at radius 1 is 1.14 bits per heavy atom. The minimum atomic E-state index is -1.41. The van der Waals surface area contributed by atoms with Gasteiger partial charge in [0.1, 0.15) is 6.20 Å². The van der Waals surface area contributed by atoms with Gasteiger partial charge in [0.2, 0.25) is 5.82 Å². The molecule has 112 valence electrons. The molecule has 0 aliphatic carbocycles. The molecule has 0 atom stereocenters. The van der Waals surface area contributed by atoms with Crippen LogP contribution in [-0.4, -0.2) is 20.8 Å². The number of nitro groups is 2. The number of carbonyl (C=O) groups excluding carboxylic acids is 1. The van der Waals surface area contributed by atoms with Crippen molar-refractivity contribution < 1.29 is 19.7 Å². The van der Waals surface area contributed by atoms with E-state index in [4.69, 9.17) is 0 Å². The minimum Gasteiger partial charge on any atom is -0.545 e. The average molecular weight is 303 g/mol. The average Bonchev–Trinajstić information content (AvgIpc) is 2.47. The van der Waals surface area contributed by atoms with Crippen molar-refractivity contribution in [2.75, 3.05) is 5.32 Å². The summed E-state index contributed by atoms with van der Waals surface area (Å²) in [5, 5.41) is 34.9. The Balaban J connectivity index is 2.41. The molecule has 0 fully saturated rings. The molecule has 1 aromatic carbocycles. The predicted octanol–water partition coefficient (Wildman–Crippen LogP) is 1.01. The first-order valence-electron chi connectivity index (χ1n) is 5.75. The Bertz CT molecular complexity index is 776. The summed E-state index contributed by atoms with van der Waals surface area (Å²) in [6.45, 7) is 0. The molecule has 0 aliphatic heterocycles. The minimum absolute atomic E-state index is 0.130. The first-order chi connectivity index (χ1) is 10.4. The quantitative estimate of drug-likeness (QED) is 0.634. The smallest absolute Gasteiger partial charge is 0.318 e. The van der Waals surface area contributed by atoms with Gasteiger partial charge in [0, 0.05) is 5.69 Å². The second kappa shape index (κ2) is 5.83. The zero-order valence-electron chi connectivity index (χ0n) is 10.8. The highest BCUT2D eigenvalue weighted by Crippen LogP contribution is 2.28. The van der Waals surface area contributed by atoms with Crippen molar-refractivity contribution in [2.45, 2.75) is 0 Å². The Kier molecular flexibility index (Phi) is 3.93. The van der Waals surface area contributed by atoms with Gasteiger partial charge in [-0.25, -0.2) is 4.98 Å². The zero-order chi connectivity index (χ0) is 16.3. The zero-order valence-corrected chi connectivity index (χ0v) is 10.8. The second-order valence-electron chi connectivity index (χ2n) is 4.07. The summed E-state index contributed by atoms with van der Waals surface area (Å²) in [5.41, 5.74) is -1.05. The normalized spacial score (nSPS) is 10.0. The molecule has 0 radical (unpaired) electrons. The molecule has 1 heterocycles. The van der Waals surface area contributed by atoms with Crippen LogP contribution in [0.15, 0.2) is 36.5 Å². The number of benzene rings is 1. The molecular weight excluding hydrogens is 296 g/mol. The summed E-state index contributed by atoms with van der Waals surface area (Å²) in [7, 11) is 0. The maximum atomic E-state index is 11.0. The van der Waals surface area contributed by atoms with Crippen molar-refractivity contribution in [3.05, 3.63) is 62.3 Å². The molecular formula is C12H7N4O6-. The summed E-state index contributed by atoms with van der Waals surface area (Å²) in [5.74, 6) is -1.65. The van der Waals surface area contributed by atoms with Gasteiger partial charge in [0.05, 0.1) is 21.9 Å². The van der Waals surface area contributed by atoms with Crippen molar-refractivity contribution >= 4 is 28.8 Å². The maximum absolute atomic E-state index is 11.0. The highest BCUT2D eigenvalue weighted by atomic mass is 16.6. The van der Waals surface area contributed by atoms with Crippen LogP contribution >= 0.6 is 0 Å². The number of hydrogen-bond donors (Lipinski definition) is 1. The first-order valence-corrected chi connectivity index (χ1v) is 5.75. The third-order valence-corrected chi connectivity index (χ3v) is 2.62. The van der Waals surface area contributed by atoms with E-state index in [0.717, 1.165) is 12.3 Å². The summed E-state index contributed by atoms with van der Waals surface area (Å²) in [4.78, 5) is 34.3. The number of carbonyl (C=O) groups is 1. The fraction of sp³-hybridized carbons (Fsp3) is 0. The van der Waals surface area contributed by atoms with Gasteiger partial charge in [-0.1, -0.05) is 12.1 Å². The molecule has 0 aliphatic rings. The molecule has 0 spiro atoms. The number of aromatic carboxylic acids is 1. The van der Waals surface area contributed by atoms with Gasteiger partial charge in [0.25, 0.3) is 5.69 Å². The van der Waals surface area contributed by atoms with Crippen molar-refractivity contribution in [3.8, 4) is 0 Å². The van der Waals surface area contributed by atoms with E-state index in [-0.39, 0.29) is 17.1 Å². The van der Waals surface area contributed by atoms with Gasteiger partial charge in [-0.2, -0.15) is 0 Å². The fourth-order valence-electron chi connectivity index (χ4n) is 1.64. The van der Waals surface area contributed by atoms with E-state index < -0.39 is 27.2 Å². The number of carboxylic acid groups (broad SMARTS) is 1. The molecule has 22 heavy (non-hydrogen) atoms. The van der Waals surface area contributed by atoms with Crippen LogP contribution in [0.1, 0.15) is 10.4 Å². The molecule has 2 aromatic rings. The number of rotatable bonds is 5. The third-order valence-electron chi connectivity index (χ3n) is 2.62. The topological polar surface area (TPSA) is 151 Å². The van der Waals surface area contributed by atoms with Gasteiger partial charge in [0.15, 0.2) is 0 Å². The summed E-state index contributed by atoms with van der Waals surface area (Å²) < 4.78 is 0. The first kappa shape index (κ1) is 14.8. The highest BCUT2D eigenvalue weighted by Gasteiger charge is 2.21. The van der Waals surface area contributed by atoms with E-state index in [1.54, 1.807) is 0 Å². The van der Waals surface area contributed by atoms with E-state index in [2.05, 4.69) is 10.3 Å². The Morgan fingerprint density at radius 2 is 1.86 bits per heavy atom. The molecule has 0 unspecified atom stereocenters. The molecule has 0 bridgehead atoms. The van der Waals surface area contributed by atoms with E-state index in [9.17, 15) is 30.1 Å². The number of pyridine rings is 1. The standard InChI is InChI=1S/C12H8N4O6/c17-12(18)7-2-1-3-8(4-7)14-11-10(16(21)22)5-9(6-13-11)15(19)20/h1-6H,(H,13,14)(H,17,18)/p-1. The van der Waals surface area contributed by atoms with Crippen LogP contribution in [0.2, 0.25) is 0 Å². The van der Waals surface area contributed by atoms with Crippen molar-refractivity contribution in [1.29, 1.82) is 0 Å². The summed E-state index contributed by atoms with van der Waals surface area (Å²) in [6, 6.07) is 6.11. The second-order valence-corrected chi connectivity index (χ2v) is 4.07. The van der Waals surface area contributed by atoms with Crippen molar-refractivity contribution in [3.63, 3.8) is 0 Å². The number of carboxylic acids is 1. The third kappa shape index (κ3) is 3.12. The molecule has 10 nitrogen and oxygen atoms in total. The van der Waals surface area contributed by atoms with Crippen LogP contribution in [0.5, 0.6) is 0 Å². The number of nitrogens with one attached hydrogen (secondary N) is 1. The monoisotopic (exact) mass is 303 g/mol. The Morgan fingerprint density at radius 3 is 2.45 bits per heavy atom. The molecule has 1 aromatic heterocycles. The number of nitrogens with zero attached hydrogens (tertiary/aromatic N) is 3. The predicted molar refractivity (Wildman–Crippen MR) is 71.6 cm³/mol. The molecule has 0 saturated carbocycles. The Labute approximate surface area is 122 Å². The largest absolute Gasteiger partial charge is 0.545 e. The fourth-order valence-corrected chi connectivity index (χ4v) is 1.64.